The number of carbonyl (C=O) groups is 2. The van der Waals surface area contributed by atoms with Crippen LogP contribution in [0.5, 0.6) is 5.75 Å². The minimum atomic E-state index is -0.786. The molecule has 2 rings (SSSR count). The number of hydrogen-bond acceptors (Lipinski definition) is 8. The van der Waals surface area contributed by atoms with Crippen molar-refractivity contribution in [3.05, 3.63) is 35.9 Å². The Morgan fingerprint density at radius 1 is 1.32 bits per heavy atom. The van der Waals surface area contributed by atoms with Crippen LogP contribution in [0.1, 0.15) is 31.1 Å². The van der Waals surface area contributed by atoms with Crippen molar-refractivity contribution < 1.29 is 28.2 Å². The van der Waals surface area contributed by atoms with Crippen molar-refractivity contribution in [2.75, 3.05) is 13.7 Å². The molecule has 0 radical (unpaired) electrons. The van der Waals surface area contributed by atoms with E-state index in [1.165, 1.54) is 23.3 Å². The number of nitrogens with one attached hydrogen (secondary N) is 1. The third-order valence-electron chi connectivity index (χ3n) is 3.29. The van der Waals surface area contributed by atoms with Gasteiger partial charge in [-0.15, -0.1) is 10.2 Å². The van der Waals surface area contributed by atoms with Gasteiger partial charge in [0.2, 0.25) is 0 Å². The molecule has 1 aromatic heterocycles. The molecule has 11 heteroatoms. The number of aromatic nitrogens is 4. The highest BCUT2D eigenvalue weighted by Crippen LogP contribution is 2.18. The molecule has 1 amide bonds. The van der Waals surface area contributed by atoms with Crippen LogP contribution in [-0.4, -0.2) is 57.6 Å². The van der Waals surface area contributed by atoms with Crippen LogP contribution < -0.4 is 10.1 Å². The second-order valence-corrected chi connectivity index (χ2v) is 6.78. The van der Waals surface area contributed by atoms with Crippen LogP contribution in [0.4, 0.5) is 9.18 Å². The zero-order chi connectivity index (χ0) is 20.7. The summed E-state index contributed by atoms with van der Waals surface area (Å²) in [6.45, 7) is 5.34. The Balaban J connectivity index is 2.04. The number of benzene rings is 1. The van der Waals surface area contributed by atoms with Crippen molar-refractivity contribution in [1.29, 1.82) is 0 Å². The largest absolute Gasteiger partial charge is 0.491 e. The molecule has 0 saturated heterocycles. The number of halogens is 1. The Hall–Kier alpha value is -3.24. The van der Waals surface area contributed by atoms with E-state index in [4.69, 9.17) is 9.47 Å². The quantitative estimate of drug-likeness (QED) is 0.702. The second kappa shape index (κ2) is 9.11. The lowest BCUT2D eigenvalue weighted by Gasteiger charge is -2.23. The van der Waals surface area contributed by atoms with Gasteiger partial charge < -0.3 is 19.5 Å². The van der Waals surface area contributed by atoms with Gasteiger partial charge in [0.05, 0.1) is 25.3 Å². The first-order valence-electron chi connectivity index (χ1n) is 8.39. The van der Waals surface area contributed by atoms with E-state index >= 15 is 0 Å². The number of tetrazole rings is 1. The van der Waals surface area contributed by atoms with Crippen LogP contribution in [0.15, 0.2) is 24.5 Å². The number of rotatable bonds is 7. The molecule has 0 aliphatic heterocycles. The molecule has 0 aliphatic rings. The number of ether oxygens (including phenoxy) is 3. The molecular formula is C17H22FN5O5. The smallest absolute Gasteiger partial charge is 0.408 e. The van der Waals surface area contributed by atoms with Crippen molar-refractivity contribution in [2.45, 2.75) is 39.0 Å². The summed E-state index contributed by atoms with van der Waals surface area (Å²) in [5.74, 6) is -1.39. The summed E-state index contributed by atoms with van der Waals surface area (Å²) >= 11 is 0. The summed E-state index contributed by atoms with van der Waals surface area (Å²) in [5.41, 5.74) is -0.876. The molecule has 28 heavy (non-hydrogen) atoms. The van der Waals surface area contributed by atoms with Gasteiger partial charge in [-0.2, -0.15) is 4.80 Å². The van der Waals surface area contributed by atoms with Gasteiger partial charge in [-0.05, 0) is 38.1 Å². The maximum absolute atomic E-state index is 14.0. The van der Waals surface area contributed by atoms with Crippen LogP contribution in [0.25, 0.3) is 0 Å². The molecular weight excluding hydrogens is 373 g/mol. The number of carbonyl (C=O) groups excluding carboxylic acids is 2. The van der Waals surface area contributed by atoms with Gasteiger partial charge in [0.15, 0.2) is 6.33 Å². The Labute approximate surface area is 161 Å². The fourth-order valence-electron chi connectivity index (χ4n) is 2.14. The molecule has 1 atom stereocenters. The normalized spacial score (nSPS) is 12.2. The van der Waals surface area contributed by atoms with Crippen LogP contribution in [0.3, 0.4) is 0 Å². The Bertz CT molecular complexity index is 807. The Kier molecular flexibility index (Phi) is 6.85. The molecule has 1 aromatic carbocycles. The summed E-state index contributed by atoms with van der Waals surface area (Å²) in [4.78, 5) is 24.8. The highest BCUT2D eigenvalue weighted by Gasteiger charge is 2.21. The third kappa shape index (κ3) is 6.49. The predicted octanol–water partition coefficient (Wildman–Crippen LogP) is 1.57. The monoisotopic (exact) mass is 395 g/mol. The maximum Gasteiger partial charge on any atom is 0.408 e. The number of amides is 1. The first-order chi connectivity index (χ1) is 13.2. The van der Waals surface area contributed by atoms with Gasteiger partial charge in [0.25, 0.3) is 0 Å². The molecule has 0 unspecified atom stereocenters. The summed E-state index contributed by atoms with van der Waals surface area (Å²) < 4.78 is 29.3. The van der Waals surface area contributed by atoms with E-state index in [2.05, 4.69) is 25.5 Å². The molecule has 0 bridgehead atoms. The molecule has 1 heterocycles. The molecule has 0 aliphatic carbocycles. The summed E-state index contributed by atoms with van der Waals surface area (Å²) in [7, 11) is 1.16. The Morgan fingerprint density at radius 3 is 2.64 bits per heavy atom. The SMILES string of the molecule is COC(=O)c1ccc(OC[C@@H](Cn2ncnn2)NC(=O)OC(C)(C)C)cc1F. The van der Waals surface area contributed by atoms with Gasteiger partial charge in [-0.1, -0.05) is 0 Å². The molecule has 152 valence electrons. The molecule has 2 aromatic rings. The Morgan fingerprint density at radius 2 is 2.07 bits per heavy atom. The fourth-order valence-corrected chi connectivity index (χ4v) is 2.14. The van der Waals surface area contributed by atoms with Gasteiger partial charge in [-0.25, -0.2) is 14.0 Å². The predicted molar refractivity (Wildman–Crippen MR) is 94.2 cm³/mol. The van der Waals surface area contributed by atoms with Crippen molar-refractivity contribution >= 4 is 12.1 Å². The standard InChI is InChI=1S/C17H22FN5O5/c1-17(2,3)28-16(25)21-11(8-23-20-10-19-22-23)9-27-12-5-6-13(14(18)7-12)15(24)26-4/h5-7,10-11H,8-9H2,1-4H3,(H,21,25)/t11-/m1/s1. The highest BCUT2D eigenvalue weighted by atomic mass is 19.1. The summed E-state index contributed by atoms with van der Waals surface area (Å²) in [6, 6.07) is 3.15. The lowest BCUT2D eigenvalue weighted by molar-refractivity contribution is 0.0476. The molecule has 0 saturated carbocycles. The number of esters is 1. The zero-order valence-corrected chi connectivity index (χ0v) is 16.0. The summed E-state index contributed by atoms with van der Waals surface area (Å²) in [6.07, 6.45) is 0.611. The summed E-state index contributed by atoms with van der Waals surface area (Å²) in [5, 5.41) is 13.9. The molecule has 1 N–H and O–H groups in total. The van der Waals surface area contributed by atoms with Gasteiger partial charge in [-0.3, -0.25) is 0 Å². The van der Waals surface area contributed by atoms with Gasteiger partial charge in [0.1, 0.15) is 23.8 Å². The van der Waals surface area contributed by atoms with E-state index in [1.54, 1.807) is 20.8 Å². The van der Waals surface area contributed by atoms with E-state index in [0.29, 0.717) is 0 Å². The fraction of sp³-hybridized carbons (Fsp3) is 0.471. The third-order valence-corrected chi connectivity index (χ3v) is 3.29. The number of hydrogen-bond donors (Lipinski definition) is 1. The van der Waals surface area contributed by atoms with Crippen LogP contribution in [0.2, 0.25) is 0 Å². The first-order valence-corrected chi connectivity index (χ1v) is 8.39. The van der Waals surface area contributed by atoms with Crippen molar-refractivity contribution in [1.82, 2.24) is 25.5 Å². The lowest BCUT2D eigenvalue weighted by Crippen LogP contribution is -2.44. The lowest BCUT2D eigenvalue weighted by atomic mass is 10.2. The first kappa shape index (κ1) is 21.1. The minimum Gasteiger partial charge on any atom is -0.491 e. The second-order valence-electron chi connectivity index (χ2n) is 6.78. The van der Waals surface area contributed by atoms with Crippen LogP contribution in [0, 0.1) is 5.82 Å². The minimum absolute atomic E-state index is 0.0300. The van der Waals surface area contributed by atoms with Crippen LogP contribution in [-0.2, 0) is 16.0 Å². The van der Waals surface area contributed by atoms with E-state index in [9.17, 15) is 14.0 Å². The number of alkyl carbamates (subject to hydrolysis) is 1. The topological polar surface area (TPSA) is 117 Å². The zero-order valence-electron chi connectivity index (χ0n) is 16.0. The van der Waals surface area contributed by atoms with E-state index in [-0.39, 0.29) is 24.5 Å². The molecule has 0 fully saturated rings. The highest BCUT2D eigenvalue weighted by molar-refractivity contribution is 5.89. The van der Waals surface area contributed by atoms with Crippen molar-refractivity contribution in [2.24, 2.45) is 0 Å². The average molecular weight is 395 g/mol. The van der Waals surface area contributed by atoms with E-state index in [0.717, 1.165) is 13.2 Å². The van der Waals surface area contributed by atoms with Gasteiger partial charge in [0, 0.05) is 6.07 Å². The average Bonchev–Trinajstić information content (AvgIpc) is 3.10. The molecule has 10 nitrogen and oxygen atoms in total. The van der Waals surface area contributed by atoms with Crippen LogP contribution >= 0.6 is 0 Å². The number of methoxy groups -OCH3 is 1. The van der Waals surface area contributed by atoms with Crippen molar-refractivity contribution in [3.8, 4) is 5.75 Å². The molecule has 0 spiro atoms. The number of nitrogens with zero attached hydrogens (tertiary/aromatic N) is 4. The maximum atomic E-state index is 14.0. The van der Waals surface area contributed by atoms with E-state index in [1.807, 2.05) is 0 Å². The van der Waals surface area contributed by atoms with Gasteiger partial charge >= 0.3 is 12.1 Å². The van der Waals surface area contributed by atoms with Crippen molar-refractivity contribution in [3.63, 3.8) is 0 Å². The van der Waals surface area contributed by atoms with E-state index < -0.39 is 29.5 Å².